The Hall–Kier alpha value is -1.47. The molecule has 1 aromatic carbocycles. The molecule has 0 fully saturated rings. The van der Waals surface area contributed by atoms with Crippen LogP contribution in [0.3, 0.4) is 0 Å². The molecule has 0 aliphatic carbocycles. The molecule has 0 heterocycles. The van der Waals surface area contributed by atoms with Gasteiger partial charge in [0, 0.05) is 5.75 Å². The molecule has 0 unspecified atom stereocenters. The topological polar surface area (TPSA) is 62.2 Å². The Morgan fingerprint density at radius 3 is 2.77 bits per heavy atom. The van der Waals surface area contributed by atoms with Crippen LogP contribution in [0, 0.1) is 11.5 Å². The summed E-state index contributed by atoms with van der Waals surface area (Å²) in [5, 5.41) is 8.51. The summed E-state index contributed by atoms with van der Waals surface area (Å²) in [5.74, 6) is 0.748. The van der Waals surface area contributed by atoms with Gasteiger partial charge in [-0.05, 0) is 5.56 Å². The lowest BCUT2D eigenvalue weighted by atomic mass is 10.2. The maximum Gasteiger partial charge on any atom is 0.208 e. The second-order valence-corrected chi connectivity index (χ2v) is 3.32. The quantitative estimate of drug-likeness (QED) is 0.440. The van der Waals surface area contributed by atoms with Crippen LogP contribution in [-0.2, 0) is 5.75 Å². The van der Waals surface area contributed by atoms with Crippen molar-refractivity contribution in [3.05, 3.63) is 35.9 Å². The van der Waals surface area contributed by atoms with Crippen molar-refractivity contribution in [2.24, 2.45) is 10.7 Å². The third-order valence-corrected chi connectivity index (χ3v) is 2.25. The summed E-state index contributed by atoms with van der Waals surface area (Å²) >= 11 is 1.36. The molecule has 66 valence electrons. The number of amidine groups is 1. The normalized spacial score (nSPS) is 10.8. The van der Waals surface area contributed by atoms with Gasteiger partial charge in [0.15, 0.2) is 5.17 Å². The highest BCUT2D eigenvalue weighted by atomic mass is 32.2. The molecule has 0 amide bonds. The van der Waals surface area contributed by atoms with Gasteiger partial charge in [0.1, 0.15) is 0 Å². The van der Waals surface area contributed by atoms with Gasteiger partial charge in [-0.2, -0.15) is 5.26 Å². The molecule has 0 aromatic heterocycles. The highest BCUT2D eigenvalue weighted by Gasteiger charge is 1.94. The number of nitrogens with two attached hydrogens (primary N) is 1. The van der Waals surface area contributed by atoms with E-state index in [1.54, 1.807) is 6.19 Å². The molecule has 0 radical (unpaired) electrons. The number of aliphatic imine (C=N–C) groups is 1. The van der Waals surface area contributed by atoms with Crippen molar-refractivity contribution in [2.45, 2.75) is 5.75 Å². The van der Waals surface area contributed by atoms with Crippen LogP contribution in [0.5, 0.6) is 0 Å². The number of nitrogens with zero attached hydrogens (tertiary/aromatic N) is 2. The van der Waals surface area contributed by atoms with E-state index in [9.17, 15) is 0 Å². The Balaban J connectivity index is 2.45. The summed E-state index contributed by atoms with van der Waals surface area (Å²) in [7, 11) is 0. The van der Waals surface area contributed by atoms with E-state index in [-0.39, 0.29) is 0 Å². The highest BCUT2D eigenvalue weighted by molar-refractivity contribution is 8.13. The number of nitriles is 1. The number of thioether (sulfide) groups is 1. The Morgan fingerprint density at radius 2 is 2.15 bits per heavy atom. The summed E-state index contributed by atoms with van der Waals surface area (Å²) in [4.78, 5) is 3.40. The van der Waals surface area contributed by atoms with E-state index in [1.165, 1.54) is 17.3 Å². The van der Waals surface area contributed by atoms with Crippen molar-refractivity contribution in [3.8, 4) is 6.19 Å². The van der Waals surface area contributed by atoms with Gasteiger partial charge in [0.25, 0.3) is 0 Å². The van der Waals surface area contributed by atoms with E-state index in [4.69, 9.17) is 11.0 Å². The molecule has 4 heteroatoms. The standard InChI is InChI=1S/C9H9N3S/c10-7-12-9(11)13-6-8-4-2-1-3-5-8/h1-5H,6H2,(H2,11,12). The molecule has 0 saturated carbocycles. The predicted octanol–water partition coefficient (Wildman–Crippen LogP) is 1.72. The second-order valence-electron chi connectivity index (χ2n) is 2.32. The van der Waals surface area contributed by atoms with E-state index in [0.717, 1.165) is 5.75 Å². The average Bonchev–Trinajstić information content (AvgIpc) is 2.17. The zero-order valence-corrected chi connectivity index (χ0v) is 7.79. The van der Waals surface area contributed by atoms with Crippen molar-refractivity contribution in [3.63, 3.8) is 0 Å². The summed E-state index contributed by atoms with van der Waals surface area (Å²) in [6.45, 7) is 0. The zero-order chi connectivity index (χ0) is 9.52. The van der Waals surface area contributed by atoms with Crippen molar-refractivity contribution < 1.29 is 0 Å². The molecule has 0 bridgehead atoms. The van der Waals surface area contributed by atoms with Crippen LogP contribution in [-0.4, -0.2) is 5.17 Å². The minimum Gasteiger partial charge on any atom is -0.378 e. The third-order valence-electron chi connectivity index (χ3n) is 1.39. The van der Waals surface area contributed by atoms with Crippen LogP contribution in [0.15, 0.2) is 35.3 Å². The van der Waals surface area contributed by atoms with Gasteiger partial charge >= 0.3 is 0 Å². The first-order valence-electron chi connectivity index (χ1n) is 3.72. The van der Waals surface area contributed by atoms with Crippen LogP contribution in [0.25, 0.3) is 0 Å². The SMILES string of the molecule is N#CN=C(N)SCc1ccccc1. The van der Waals surface area contributed by atoms with Crippen LogP contribution >= 0.6 is 11.8 Å². The molecule has 13 heavy (non-hydrogen) atoms. The monoisotopic (exact) mass is 191 g/mol. The zero-order valence-electron chi connectivity index (χ0n) is 6.97. The van der Waals surface area contributed by atoms with Crippen LogP contribution in [0.1, 0.15) is 5.56 Å². The molecule has 0 aliphatic rings. The van der Waals surface area contributed by atoms with E-state index >= 15 is 0 Å². The van der Waals surface area contributed by atoms with Crippen molar-refractivity contribution >= 4 is 16.9 Å². The van der Waals surface area contributed by atoms with Crippen LogP contribution in [0.4, 0.5) is 0 Å². The number of rotatable bonds is 2. The van der Waals surface area contributed by atoms with Gasteiger partial charge in [0.2, 0.25) is 6.19 Å². The maximum atomic E-state index is 8.20. The summed E-state index contributed by atoms with van der Waals surface area (Å²) < 4.78 is 0. The van der Waals surface area contributed by atoms with Gasteiger partial charge in [-0.1, -0.05) is 42.1 Å². The minimum atomic E-state index is 0.311. The van der Waals surface area contributed by atoms with Crippen LogP contribution in [0.2, 0.25) is 0 Å². The molecular weight excluding hydrogens is 182 g/mol. The molecule has 3 nitrogen and oxygen atoms in total. The molecule has 1 aromatic rings. The molecular formula is C9H9N3S. The van der Waals surface area contributed by atoms with Crippen molar-refractivity contribution in [2.75, 3.05) is 0 Å². The van der Waals surface area contributed by atoms with Gasteiger partial charge in [-0.15, -0.1) is 4.99 Å². The van der Waals surface area contributed by atoms with Gasteiger partial charge < -0.3 is 5.73 Å². The van der Waals surface area contributed by atoms with Crippen molar-refractivity contribution in [1.29, 1.82) is 5.26 Å². The van der Waals surface area contributed by atoms with Gasteiger partial charge in [-0.25, -0.2) is 0 Å². The van der Waals surface area contributed by atoms with E-state index < -0.39 is 0 Å². The molecule has 2 N–H and O–H groups in total. The lowest BCUT2D eigenvalue weighted by Gasteiger charge is -1.98. The Bertz CT molecular complexity index is 326. The molecule has 1 rings (SSSR count). The number of benzene rings is 1. The first kappa shape index (κ1) is 9.62. The fourth-order valence-electron chi connectivity index (χ4n) is 0.813. The fraction of sp³-hybridized carbons (Fsp3) is 0.111. The summed E-state index contributed by atoms with van der Waals surface area (Å²) in [5.41, 5.74) is 6.59. The Kier molecular flexibility index (Phi) is 3.86. The minimum absolute atomic E-state index is 0.311. The molecule has 0 atom stereocenters. The Morgan fingerprint density at radius 1 is 1.46 bits per heavy atom. The predicted molar refractivity (Wildman–Crippen MR) is 55.0 cm³/mol. The lowest BCUT2D eigenvalue weighted by Crippen LogP contribution is -2.05. The second kappa shape index (κ2) is 5.22. The van der Waals surface area contributed by atoms with Crippen LogP contribution < -0.4 is 5.73 Å². The van der Waals surface area contributed by atoms with Gasteiger partial charge in [0.05, 0.1) is 0 Å². The molecule has 0 spiro atoms. The fourth-order valence-corrected chi connectivity index (χ4v) is 1.43. The lowest BCUT2D eigenvalue weighted by molar-refractivity contribution is 1.41. The molecule has 0 aliphatic heterocycles. The molecule has 0 saturated heterocycles. The maximum absolute atomic E-state index is 8.20. The van der Waals surface area contributed by atoms with E-state index in [2.05, 4.69) is 4.99 Å². The Labute approximate surface area is 81.3 Å². The number of hydrogen-bond donors (Lipinski definition) is 1. The first-order valence-corrected chi connectivity index (χ1v) is 4.70. The smallest absolute Gasteiger partial charge is 0.208 e. The van der Waals surface area contributed by atoms with E-state index in [0.29, 0.717) is 5.17 Å². The summed E-state index contributed by atoms with van der Waals surface area (Å²) in [6.07, 6.45) is 1.65. The van der Waals surface area contributed by atoms with Gasteiger partial charge in [-0.3, -0.25) is 0 Å². The van der Waals surface area contributed by atoms with Crippen molar-refractivity contribution in [1.82, 2.24) is 0 Å². The highest BCUT2D eigenvalue weighted by Crippen LogP contribution is 2.10. The largest absolute Gasteiger partial charge is 0.378 e. The number of hydrogen-bond acceptors (Lipinski definition) is 3. The third kappa shape index (κ3) is 3.63. The summed E-state index contributed by atoms with van der Waals surface area (Å²) in [6, 6.07) is 9.90. The average molecular weight is 191 g/mol. The van der Waals surface area contributed by atoms with E-state index in [1.807, 2.05) is 30.3 Å². The first-order chi connectivity index (χ1) is 6.33.